The summed E-state index contributed by atoms with van der Waals surface area (Å²) in [5.41, 5.74) is 5.17. The molecule has 5 rings (SSSR count). The quantitative estimate of drug-likeness (QED) is 0.485. The molecule has 0 radical (unpaired) electrons. The van der Waals surface area contributed by atoms with Crippen molar-refractivity contribution in [2.75, 3.05) is 6.61 Å². The van der Waals surface area contributed by atoms with Crippen LogP contribution in [0.15, 0.2) is 84.9 Å². The number of phenols is 2. The van der Waals surface area contributed by atoms with E-state index in [1.165, 1.54) is 10.8 Å². The summed E-state index contributed by atoms with van der Waals surface area (Å²) in [6, 6.07) is 27.1. The molecule has 2 N–H and O–H groups in total. The van der Waals surface area contributed by atoms with Crippen LogP contribution in [0.5, 0.6) is 17.2 Å². The molecule has 0 saturated carbocycles. The van der Waals surface area contributed by atoms with Crippen molar-refractivity contribution in [2.45, 2.75) is 0 Å². The van der Waals surface area contributed by atoms with Gasteiger partial charge in [-0.1, -0.05) is 48.5 Å². The highest BCUT2D eigenvalue weighted by atomic mass is 16.5. The van der Waals surface area contributed by atoms with Crippen LogP contribution >= 0.6 is 0 Å². The number of ether oxygens (including phenoxy) is 1. The van der Waals surface area contributed by atoms with Crippen molar-refractivity contribution >= 4 is 21.9 Å². The van der Waals surface area contributed by atoms with Crippen LogP contribution in [0, 0.1) is 0 Å². The Labute approximate surface area is 162 Å². The highest BCUT2D eigenvalue weighted by molar-refractivity contribution is 6.03. The maximum absolute atomic E-state index is 9.88. The molecular weight excluding hydrogens is 348 g/mol. The Morgan fingerprint density at radius 1 is 0.643 bits per heavy atom. The molecule has 0 unspecified atom stereocenters. The Bertz CT molecular complexity index is 1220. The minimum atomic E-state index is 0.185. The third kappa shape index (κ3) is 2.78. The van der Waals surface area contributed by atoms with Gasteiger partial charge >= 0.3 is 0 Å². The predicted molar refractivity (Wildman–Crippen MR) is 112 cm³/mol. The second kappa shape index (κ2) is 6.46. The fraction of sp³-hybridized carbons (Fsp3) is 0.0400. The highest BCUT2D eigenvalue weighted by Crippen LogP contribution is 2.43. The van der Waals surface area contributed by atoms with Crippen LogP contribution in [-0.2, 0) is 0 Å². The first-order valence-electron chi connectivity index (χ1n) is 9.17. The van der Waals surface area contributed by atoms with Crippen LogP contribution in [0.1, 0.15) is 16.7 Å². The molecular formula is C25H18O3. The predicted octanol–water partition coefficient (Wildman–Crippen LogP) is 5.60. The fourth-order valence-electron chi connectivity index (χ4n) is 3.79. The Balaban J connectivity index is 1.79. The average Bonchev–Trinajstić information content (AvgIpc) is 2.73. The van der Waals surface area contributed by atoms with Gasteiger partial charge in [-0.25, -0.2) is 0 Å². The van der Waals surface area contributed by atoms with E-state index < -0.39 is 0 Å². The summed E-state index contributed by atoms with van der Waals surface area (Å²) in [6.07, 6.45) is 0. The molecule has 0 aromatic heterocycles. The van der Waals surface area contributed by atoms with Crippen LogP contribution in [0.4, 0.5) is 0 Å². The molecule has 0 fully saturated rings. The van der Waals surface area contributed by atoms with E-state index >= 15 is 0 Å². The van der Waals surface area contributed by atoms with Crippen LogP contribution in [0.2, 0.25) is 0 Å². The summed E-state index contributed by atoms with van der Waals surface area (Å²) in [6.45, 7) is 0.392. The Morgan fingerprint density at radius 3 is 2.18 bits per heavy atom. The number of fused-ring (bicyclic) bond motifs is 2. The molecule has 0 atom stereocenters. The van der Waals surface area contributed by atoms with Gasteiger partial charge in [-0.15, -0.1) is 0 Å². The first-order valence-corrected chi connectivity index (χ1v) is 9.17. The Kier molecular flexibility index (Phi) is 3.80. The van der Waals surface area contributed by atoms with Crippen molar-refractivity contribution in [1.82, 2.24) is 0 Å². The lowest BCUT2D eigenvalue weighted by atomic mass is 9.87. The summed E-state index contributed by atoms with van der Waals surface area (Å²) in [5.74, 6) is 1.09. The van der Waals surface area contributed by atoms with E-state index in [1.54, 1.807) is 24.3 Å². The maximum Gasteiger partial charge on any atom is 0.131 e. The van der Waals surface area contributed by atoms with E-state index in [0.717, 1.165) is 27.8 Å². The van der Waals surface area contributed by atoms with E-state index in [1.807, 2.05) is 30.3 Å². The zero-order valence-electron chi connectivity index (χ0n) is 15.1. The van der Waals surface area contributed by atoms with Gasteiger partial charge in [0.2, 0.25) is 0 Å². The summed E-state index contributed by atoms with van der Waals surface area (Å²) < 4.78 is 5.96. The normalized spacial score (nSPS) is 13.3. The van der Waals surface area contributed by atoms with Crippen molar-refractivity contribution in [3.63, 3.8) is 0 Å². The molecule has 136 valence electrons. The molecule has 1 heterocycles. The molecule has 3 heteroatoms. The molecule has 0 aliphatic carbocycles. The van der Waals surface area contributed by atoms with E-state index in [0.29, 0.717) is 12.4 Å². The molecule has 1 aliphatic rings. The number of benzene rings is 4. The van der Waals surface area contributed by atoms with Gasteiger partial charge in [-0.05, 0) is 57.8 Å². The molecule has 0 saturated heterocycles. The summed E-state index contributed by atoms with van der Waals surface area (Å²) in [4.78, 5) is 0. The van der Waals surface area contributed by atoms with Gasteiger partial charge in [0.1, 0.15) is 23.9 Å². The van der Waals surface area contributed by atoms with Crippen molar-refractivity contribution in [2.24, 2.45) is 0 Å². The topological polar surface area (TPSA) is 49.7 Å². The lowest BCUT2D eigenvalue weighted by Crippen LogP contribution is -2.11. The summed E-state index contributed by atoms with van der Waals surface area (Å²) >= 11 is 0. The molecule has 0 amide bonds. The minimum Gasteiger partial charge on any atom is -0.508 e. The molecule has 0 spiro atoms. The van der Waals surface area contributed by atoms with Gasteiger partial charge in [0, 0.05) is 17.2 Å². The maximum atomic E-state index is 9.88. The minimum absolute atomic E-state index is 0.185. The fourth-order valence-corrected chi connectivity index (χ4v) is 3.79. The Morgan fingerprint density at radius 2 is 1.36 bits per heavy atom. The molecule has 1 aliphatic heterocycles. The third-order valence-corrected chi connectivity index (χ3v) is 5.16. The SMILES string of the molecule is Oc1ccc(C2=C(c3ccc4ccccc4c3)c3ccc(O)cc3OC2)cc1. The van der Waals surface area contributed by atoms with E-state index in [9.17, 15) is 10.2 Å². The average molecular weight is 366 g/mol. The number of hydrogen-bond acceptors (Lipinski definition) is 3. The molecule has 0 bridgehead atoms. The monoisotopic (exact) mass is 366 g/mol. The van der Waals surface area contributed by atoms with Gasteiger partial charge in [0.25, 0.3) is 0 Å². The van der Waals surface area contributed by atoms with E-state index in [2.05, 4.69) is 30.3 Å². The summed E-state index contributed by atoms with van der Waals surface area (Å²) in [7, 11) is 0. The van der Waals surface area contributed by atoms with Gasteiger partial charge in [-0.3, -0.25) is 0 Å². The molecule has 4 aromatic carbocycles. The highest BCUT2D eigenvalue weighted by Gasteiger charge is 2.23. The number of rotatable bonds is 2. The largest absolute Gasteiger partial charge is 0.508 e. The number of hydrogen-bond donors (Lipinski definition) is 2. The number of aromatic hydroxyl groups is 2. The second-order valence-electron chi connectivity index (χ2n) is 6.93. The second-order valence-corrected chi connectivity index (χ2v) is 6.93. The van der Waals surface area contributed by atoms with Crippen molar-refractivity contribution < 1.29 is 14.9 Å². The summed E-state index contributed by atoms with van der Waals surface area (Å²) in [5, 5.41) is 21.9. The van der Waals surface area contributed by atoms with Gasteiger partial charge < -0.3 is 14.9 Å². The molecule has 3 nitrogen and oxygen atoms in total. The standard InChI is InChI=1S/C25H18O3/c26-20-9-7-17(8-10-20)23-15-28-24-14-21(27)11-12-22(24)25(23)19-6-5-16-3-1-2-4-18(16)13-19/h1-14,26-27H,15H2. The van der Waals surface area contributed by atoms with Crippen molar-refractivity contribution in [3.05, 3.63) is 102 Å². The van der Waals surface area contributed by atoms with Gasteiger partial charge in [0.05, 0.1) is 0 Å². The first-order chi connectivity index (χ1) is 13.7. The smallest absolute Gasteiger partial charge is 0.131 e. The van der Waals surface area contributed by atoms with Gasteiger partial charge in [-0.2, -0.15) is 0 Å². The third-order valence-electron chi connectivity index (χ3n) is 5.16. The zero-order chi connectivity index (χ0) is 19.1. The van der Waals surface area contributed by atoms with Gasteiger partial charge in [0.15, 0.2) is 0 Å². The Hall–Kier alpha value is -3.72. The lowest BCUT2D eigenvalue weighted by molar-refractivity contribution is 0.361. The van der Waals surface area contributed by atoms with E-state index in [-0.39, 0.29) is 11.5 Å². The van der Waals surface area contributed by atoms with Crippen LogP contribution < -0.4 is 4.74 Å². The molecule has 4 aromatic rings. The van der Waals surface area contributed by atoms with Crippen molar-refractivity contribution in [3.8, 4) is 17.2 Å². The molecule has 28 heavy (non-hydrogen) atoms. The number of phenolic OH excluding ortho intramolecular Hbond substituents is 2. The van der Waals surface area contributed by atoms with Crippen LogP contribution in [0.25, 0.3) is 21.9 Å². The van der Waals surface area contributed by atoms with Crippen LogP contribution in [-0.4, -0.2) is 16.8 Å². The van der Waals surface area contributed by atoms with E-state index in [4.69, 9.17) is 4.74 Å². The first kappa shape index (κ1) is 16.5. The zero-order valence-corrected chi connectivity index (χ0v) is 15.1. The van der Waals surface area contributed by atoms with Crippen LogP contribution in [0.3, 0.4) is 0 Å². The van der Waals surface area contributed by atoms with Crippen molar-refractivity contribution in [1.29, 1.82) is 0 Å². The lowest BCUT2D eigenvalue weighted by Gasteiger charge is -2.25.